The molecule has 0 aliphatic heterocycles. The molecule has 0 N–H and O–H groups in total. The molecule has 194 valence electrons. The summed E-state index contributed by atoms with van der Waals surface area (Å²) in [6, 6.07) is 21.3. The van der Waals surface area contributed by atoms with Crippen molar-refractivity contribution in [1.82, 2.24) is 9.78 Å². The standard InChI is InChI=1S/C30H23ClF4N2O/c1-18-5-3-6-19(2)25(18)17-38-23-13-10-20(11-14-23)29-24-7-4-8-26(30(33,34)35)28(24)36-37(29)16-21-9-12-22(31)15-27(21)32/h3-15H,16-17H2,1-2H3. The Hall–Kier alpha value is -3.84. The molecule has 0 unspecified atom stereocenters. The average molecular weight is 539 g/mol. The molecule has 8 heteroatoms. The van der Waals surface area contributed by atoms with E-state index >= 15 is 0 Å². The van der Waals surface area contributed by atoms with Crippen molar-refractivity contribution in [2.75, 3.05) is 0 Å². The molecule has 4 aromatic carbocycles. The number of benzene rings is 4. The van der Waals surface area contributed by atoms with Gasteiger partial charge in [0.25, 0.3) is 0 Å². The van der Waals surface area contributed by atoms with Gasteiger partial charge in [-0.1, -0.05) is 48.0 Å². The zero-order chi connectivity index (χ0) is 27.0. The Bertz CT molecular complexity index is 1600. The second-order valence-electron chi connectivity index (χ2n) is 9.12. The highest BCUT2D eigenvalue weighted by Gasteiger charge is 2.34. The second kappa shape index (κ2) is 10.1. The van der Waals surface area contributed by atoms with Gasteiger partial charge in [0.05, 0.1) is 17.8 Å². The Balaban J connectivity index is 1.54. The fourth-order valence-electron chi connectivity index (χ4n) is 4.55. The summed E-state index contributed by atoms with van der Waals surface area (Å²) in [6.07, 6.45) is -4.59. The lowest BCUT2D eigenvalue weighted by molar-refractivity contribution is -0.136. The van der Waals surface area contributed by atoms with Crippen LogP contribution in [0.25, 0.3) is 22.2 Å². The van der Waals surface area contributed by atoms with Crippen LogP contribution in [0, 0.1) is 19.7 Å². The van der Waals surface area contributed by atoms with Crippen LogP contribution in [0.4, 0.5) is 17.6 Å². The number of rotatable bonds is 6. The van der Waals surface area contributed by atoms with E-state index in [1.165, 1.54) is 28.9 Å². The van der Waals surface area contributed by atoms with E-state index in [1.807, 2.05) is 32.0 Å². The van der Waals surface area contributed by atoms with E-state index in [4.69, 9.17) is 16.3 Å². The number of hydrogen-bond donors (Lipinski definition) is 0. The predicted octanol–water partition coefficient (Wildman–Crippen LogP) is 8.76. The van der Waals surface area contributed by atoms with Gasteiger partial charge in [-0.05, 0) is 73.0 Å². The van der Waals surface area contributed by atoms with Crippen molar-refractivity contribution in [3.8, 4) is 17.0 Å². The molecule has 38 heavy (non-hydrogen) atoms. The smallest absolute Gasteiger partial charge is 0.418 e. The summed E-state index contributed by atoms with van der Waals surface area (Å²) in [5.41, 5.74) is 3.65. The second-order valence-corrected chi connectivity index (χ2v) is 9.56. The minimum atomic E-state index is -4.59. The average Bonchev–Trinajstić information content (AvgIpc) is 3.23. The van der Waals surface area contributed by atoms with E-state index in [0.29, 0.717) is 29.0 Å². The highest BCUT2D eigenvalue weighted by Crippen LogP contribution is 2.38. The summed E-state index contributed by atoms with van der Waals surface area (Å²) in [5, 5.41) is 4.85. The Labute approximate surface area is 222 Å². The van der Waals surface area contributed by atoms with Crippen LogP contribution in [0.1, 0.15) is 27.8 Å². The molecule has 5 rings (SSSR count). The number of alkyl halides is 3. The van der Waals surface area contributed by atoms with Crippen LogP contribution in [-0.2, 0) is 19.3 Å². The molecule has 3 nitrogen and oxygen atoms in total. The summed E-state index contributed by atoms with van der Waals surface area (Å²) in [7, 11) is 0. The van der Waals surface area contributed by atoms with Gasteiger partial charge in [-0.2, -0.15) is 18.3 Å². The third-order valence-electron chi connectivity index (χ3n) is 6.57. The zero-order valence-corrected chi connectivity index (χ0v) is 21.4. The quantitative estimate of drug-likeness (QED) is 0.202. The molecule has 0 amide bonds. The molecule has 0 bridgehead atoms. The topological polar surface area (TPSA) is 27.1 Å². The third-order valence-corrected chi connectivity index (χ3v) is 6.80. The number of aryl methyl sites for hydroxylation is 2. The summed E-state index contributed by atoms with van der Waals surface area (Å²) < 4.78 is 63.4. The lowest BCUT2D eigenvalue weighted by Crippen LogP contribution is -2.07. The van der Waals surface area contributed by atoms with Crippen LogP contribution >= 0.6 is 11.6 Å². The Kier molecular flexibility index (Phi) is 6.88. The fraction of sp³-hybridized carbons (Fsp3) is 0.167. The summed E-state index contributed by atoms with van der Waals surface area (Å²) in [4.78, 5) is 0. The molecular weight excluding hydrogens is 516 g/mol. The molecule has 1 aromatic heterocycles. The van der Waals surface area contributed by atoms with Crippen molar-refractivity contribution in [2.24, 2.45) is 0 Å². The van der Waals surface area contributed by atoms with Gasteiger partial charge in [-0.25, -0.2) is 4.39 Å². The van der Waals surface area contributed by atoms with E-state index in [-0.39, 0.29) is 22.6 Å². The maximum absolute atomic E-state index is 14.6. The first-order chi connectivity index (χ1) is 18.1. The number of aromatic nitrogens is 2. The van der Waals surface area contributed by atoms with Gasteiger partial charge in [0.1, 0.15) is 23.7 Å². The van der Waals surface area contributed by atoms with Gasteiger partial charge in [-0.3, -0.25) is 4.68 Å². The molecule has 0 radical (unpaired) electrons. The highest BCUT2D eigenvalue weighted by molar-refractivity contribution is 6.30. The van der Waals surface area contributed by atoms with Crippen LogP contribution in [0.5, 0.6) is 5.75 Å². The van der Waals surface area contributed by atoms with Crippen molar-refractivity contribution < 1.29 is 22.3 Å². The van der Waals surface area contributed by atoms with Crippen LogP contribution in [-0.4, -0.2) is 9.78 Å². The van der Waals surface area contributed by atoms with Crippen molar-refractivity contribution in [3.63, 3.8) is 0 Å². The SMILES string of the molecule is Cc1cccc(C)c1COc1ccc(-c2c3cccc(C(F)(F)F)c3nn2Cc2ccc(Cl)cc2F)cc1. The minimum absolute atomic E-state index is 0.0743. The van der Waals surface area contributed by atoms with Gasteiger partial charge in [-0.15, -0.1) is 0 Å². The third kappa shape index (κ3) is 5.11. The Morgan fingerprint density at radius 2 is 1.58 bits per heavy atom. The van der Waals surface area contributed by atoms with Crippen molar-refractivity contribution in [2.45, 2.75) is 33.2 Å². The van der Waals surface area contributed by atoms with Crippen molar-refractivity contribution in [3.05, 3.63) is 118 Å². The van der Waals surface area contributed by atoms with E-state index in [9.17, 15) is 17.6 Å². The Morgan fingerprint density at radius 1 is 0.895 bits per heavy atom. The molecule has 0 saturated carbocycles. The molecule has 0 fully saturated rings. The van der Waals surface area contributed by atoms with E-state index in [2.05, 4.69) is 5.10 Å². The maximum Gasteiger partial charge on any atom is 0.418 e. The molecule has 1 heterocycles. The lowest BCUT2D eigenvalue weighted by atomic mass is 10.0. The summed E-state index contributed by atoms with van der Waals surface area (Å²) in [5.74, 6) is 0.0563. The lowest BCUT2D eigenvalue weighted by Gasteiger charge is -2.13. The number of halogens is 5. The summed E-state index contributed by atoms with van der Waals surface area (Å²) >= 11 is 5.88. The first-order valence-corrected chi connectivity index (χ1v) is 12.3. The Morgan fingerprint density at radius 3 is 2.24 bits per heavy atom. The van der Waals surface area contributed by atoms with E-state index in [0.717, 1.165) is 22.8 Å². The molecule has 5 aromatic rings. The van der Waals surface area contributed by atoms with Gasteiger partial charge in [0.2, 0.25) is 0 Å². The summed E-state index contributed by atoms with van der Waals surface area (Å²) in [6.45, 7) is 4.37. The molecular formula is C30H23ClF4N2O. The number of fused-ring (bicyclic) bond motifs is 1. The predicted molar refractivity (Wildman–Crippen MR) is 141 cm³/mol. The number of nitrogens with zero attached hydrogens (tertiary/aromatic N) is 2. The molecule has 0 aliphatic rings. The van der Waals surface area contributed by atoms with Crippen LogP contribution in [0.2, 0.25) is 5.02 Å². The molecule has 0 aliphatic carbocycles. The van der Waals surface area contributed by atoms with Crippen LogP contribution < -0.4 is 4.74 Å². The first kappa shape index (κ1) is 25.8. The minimum Gasteiger partial charge on any atom is -0.489 e. The number of ether oxygens (including phenoxy) is 1. The van der Waals surface area contributed by atoms with Gasteiger partial charge >= 0.3 is 6.18 Å². The van der Waals surface area contributed by atoms with Gasteiger partial charge in [0.15, 0.2) is 0 Å². The zero-order valence-electron chi connectivity index (χ0n) is 20.6. The largest absolute Gasteiger partial charge is 0.489 e. The fourth-order valence-corrected chi connectivity index (χ4v) is 4.71. The maximum atomic E-state index is 14.6. The molecule has 0 atom stereocenters. The monoisotopic (exact) mass is 538 g/mol. The van der Waals surface area contributed by atoms with Crippen molar-refractivity contribution >= 4 is 22.5 Å². The highest BCUT2D eigenvalue weighted by atomic mass is 35.5. The number of hydrogen-bond acceptors (Lipinski definition) is 2. The van der Waals surface area contributed by atoms with E-state index in [1.54, 1.807) is 30.3 Å². The van der Waals surface area contributed by atoms with Gasteiger partial charge < -0.3 is 4.74 Å². The normalized spacial score (nSPS) is 11.8. The van der Waals surface area contributed by atoms with Crippen LogP contribution in [0.3, 0.4) is 0 Å². The van der Waals surface area contributed by atoms with Crippen molar-refractivity contribution in [1.29, 1.82) is 0 Å². The van der Waals surface area contributed by atoms with Crippen LogP contribution in [0.15, 0.2) is 78.9 Å². The molecule has 0 spiro atoms. The first-order valence-electron chi connectivity index (χ1n) is 11.9. The van der Waals surface area contributed by atoms with Gasteiger partial charge in [0, 0.05) is 21.5 Å². The molecule has 0 saturated heterocycles. The van der Waals surface area contributed by atoms with E-state index < -0.39 is 17.6 Å².